The number of rotatable bonds is 3. The molecule has 0 N–H and O–H groups in total. The molecule has 1 amide bonds. The van der Waals surface area contributed by atoms with Gasteiger partial charge in [-0.15, -0.1) is 0 Å². The molecule has 0 unspecified atom stereocenters. The van der Waals surface area contributed by atoms with Crippen molar-refractivity contribution in [2.75, 3.05) is 6.61 Å². The van der Waals surface area contributed by atoms with E-state index in [1.54, 1.807) is 0 Å². The van der Waals surface area contributed by atoms with Gasteiger partial charge in [0.25, 0.3) is 0 Å². The van der Waals surface area contributed by atoms with E-state index in [2.05, 4.69) is 0 Å². The van der Waals surface area contributed by atoms with Crippen LogP contribution in [0.3, 0.4) is 0 Å². The Hall–Kier alpha value is -0.770. The third-order valence-electron chi connectivity index (χ3n) is 4.56. The molecule has 0 aromatic rings. The zero-order chi connectivity index (χ0) is 14.3. The molecule has 2 saturated heterocycles. The highest BCUT2D eigenvalue weighted by Gasteiger charge is 2.45. The van der Waals surface area contributed by atoms with Crippen molar-refractivity contribution in [1.29, 1.82) is 0 Å². The topological polar surface area (TPSA) is 38.8 Å². The maximum Gasteiger partial charge on any atom is 0.410 e. The van der Waals surface area contributed by atoms with Crippen LogP contribution in [0, 0.1) is 5.92 Å². The van der Waals surface area contributed by atoms with Crippen molar-refractivity contribution in [3.63, 3.8) is 0 Å². The van der Waals surface area contributed by atoms with Crippen molar-refractivity contribution in [2.24, 2.45) is 5.92 Å². The minimum Gasteiger partial charge on any atom is -0.444 e. The van der Waals surface area contributed by atoms with E-state index < -0.39 is 5.60 Å². The molecule has 0 aromatic carbocycles. The number of ether oxygens (including phenoxy) is 2. The van der Waals surface area contributed by atoms with Crippen molar-refractivity contribution >= 4 is 6.09 Å². The highest BCUT2D eigenvalue weighted by Crippen LogP contribution is 2.39. The zero-order valence-corrected chi connectivity index (χ0v) is 12.9. The molecule has 3 atom stereocenters. The highest BCUT2D eigenvalue weighted by molar-refractivity contribution is 5.69. The number of fused-ring (bicyclic) bond motifs is 2. The fraction of sp³-hybridized carbons (Fsp3) is 0.938. The molecule has 114 valence electrons. The molecule has 0 radical (unpaired) electrons. The van der Waals surface area contributed by atoms with Crippen LogP contribution >= 0.6 is 0 Å². The van der Waals surface area contributed by atoms with Crippen LogP contribution in [-0.4, -0.2) is 41.4 Å². The molecule has 2 heterocycles. The third kappa shape index (κ3) is 3.27. The second-order valence-electron chi connectivity index (χ2n) is 7.64. The molecular weight excluding hydrogens is 254 g/mol. The first-order valence-corrected chi connectivity index (χ1v) is 8.05. The van der Waals surface area contributed by atoms with E-state index in [1.807, 2.05) is 25.7 Å². The van der Waals surface area contributed by atoms with E-state index in [9.17, 15) is 4.79 Å². The number of carbonyl (C=O) groups excluding carboxylic acids is 1. The second kappa shape index (κ2) is 5.21. The van der Waals surface area contributed by atoms with E-state index in [1.165, 1.54) is 12.8 Å². The number of piperidine rings is 1. The Morgan fingerprint density at radius 1 is 1.10 bits per heavy atom. The summed E-state index contributed by atoms with van der Waals surface area (Å²) in [6.45, 7) is 6.71. The SMILES string of the molecule is CC(C)(C)OC(=O)N1[C@@H]2CC[C@H]1C[C@@H](OCC1CC1)C2. The van der Waals surface area contributed by atoms with Crippen LogP contribution in [0.4, 0.5) is 4.79 Å². The van der Waals surface area contributed by atoms with Crippen LogP contribution in [-0.2, 0) is 9.47 Å². The van der Waals surface area contributed by atoms with Crippen molar-refractivity contribution in [3.05, 3.63) is 0 Å². The largest absolute Gasteiger partial charge is 0.444 e. The fourth-order valence-corrected chi connectivity index (χ4v) is 3.43. The van der Waals surface area contributed by atoms with Crippen molar-refractivity contribution in [3.8, 4) is 0 Å². The molecule has 1 aliphatic carbocycles. The molecule has 2 aliphatic heterocycles. The Bertz CT molecular complexity index is 358. The number of hydrogen-bond donors (Lipinski definition) is 0. The maximum absolute atomic E-state index is 12.3. The Labute approximate surface area is 121 Å². The Kier molecular flexibility index (Phi) is 3.69. The zero-order valence-electron chi connectivity index (χ0n) is 12.9. The van der Waals surface area contributed by atoms with Crippen molar-refractivity contribution in [1.82, 2.24) is 4.90 Å². The van der Waals surface area contributed by atoms with Gasteiger partial charge in [0.1, 0.15) is 5.60 Å². The van der Waals surface area contributed by atoms with Crippen LogP contribution in [0.25, 0.3) is 0 Å². The van der Waals surface area contributed by atoms with Crippen LogP contribution in [0.5, 0.6) is 0 Å². The van der Waals surface area contributed by atoms with Crippen LogP contribution in [0.15, 0.2) is 0 Å². The number of nitrogens with zero attached hydrogens (tertiary/aromatic N) is 1. The molecule has 0 aromatic heterocycles. The van der Waals surface area contributed by atoms with Crippen molar-refractivity contribution < 1.29 is 14.3 Å². The van der Waals surface area contributed by atoms with Crippen LogP contribution < -0.4 is 0 Å². The third-order valence-corrected chi connectivity index (χ3v) is 4.56. The number of hydrogen-bond acceptors (Lipinski definition) is 3. The molecule has 3 rings (SSSR count). The van der Waals surface area contributed by atoms with Gasteiger partial charge in [0.2, 0.25) is 0 Å². The molecule has 4 heteroatoms. The van der Waals surface area contributed by atoms with E-state index in [-0.39, 0.29) is 6.09 Å². The average molecular weight is 281 g/mol. The van der Waals surface area contributed by atoms with E-state index in [0.717, 1.165) is 38.2 Å². The highest BCUT2D eigenvalue weighted by atomic mass is 16.6. The molecule has 3 aliphatic rings. The summed E-state index contributed by atoms with van der Waals surface area (Å²) in [5.41, 5.74) is -0.407. The smallest absolute Gasteiger partial charge is 0.410 e. The molecular formula is C16H27NO3. The maximum atomic E-state index is 12.3. The molecule has 20 heavy (non-hydrogen) atoms. The van der Waals surface area contributed by atoms with Gasteiger partial charge in [-0.25, -0.2) is 4.79 Å². The molecule has 2 bridgehead atoms. The molecule has 1 saturated carbocycles. The Morgan fingerprint density at radius 2 is 1.70 bits per heavy atom. The summed E-state index contributed by atoms with van der Waals surface area (Å²) in [6, 6.07) is 0.653. The Balaban J connectivity index is 1.55. The van der Waals surface area contributed by atoms with E-state index in [4.69, 9.17) is 9.47 Å². The number of amides is 1. The first-order valence-electron chi connectivity index (χ1n) is 8.05. The van der Waals surface area contributed by atoms with Gasteiger partial charge < -0.3 is 14.4 Å². The summed E-state index contributed by atoms with van der Waals surface area (Å²) < 4.78 is 11.6. The van der Waals surface area contributed by atoms with Gasteiger partial charge in [0, 0.05) is 18.7 Å². The normalized spacial score (nSPS) is 33.4. The van der Waals surface area contributed by atoms with Gasteiger partial charge in [0.15, 0.2) is 0 Å². The standard InChI is InChI=1S/C16H27NO3/c1-16(2,3)20-15(18)17-12-6-7-13(17)9-14(8-12)19-10-11-4-5-11/h11-14H,4-10H2,1-3H3/t12-,13+,14+. The predicted molar refractivity (Wildman–Crippen MR) is 76.6 cm³/mol. The van der Waals surface area contributed by atoms with Crippen molar-refractivity contribution in [2.45, 2.75) is 83.1 Å². The summed E-state index contributed by atoms with van der Waals surface area (Å²) in [5.74, 6) is 0.816. The lowest BCUT2D eigenvalue weighted by Crippen LogP contribution is -2.50. The van der Waals surface area contributed by atoms with E-state index in [0.29, 0.717) is 18.2 Å². The summed E-state index contributed by atoms with van der Waals surface area (Å²) in [6.07, 6.45) is 7.08. The summed E-state index contributed by atoms with van der Waals surface area (Å²) in [4.78, 5) is 14.3. The molecule has 4 nitrogen and oxygen atoms in total. The first kappa shape index (κ1) is 14.2. The van der Waals surface area contributed by atoms with Crippen LogP contribution in [0.1, 0.15) is 59.3 Å². The van der Waals surface area contributed by atoms with Gasteiger partial charge in [-0.1, -0.05) is 0 Å². The summed E-state index contributed by atoms with van der Waals surface area (Å²) in [7, 11) is 0. The second-order valence-corrected chi connectivity index (χ2v) is 7.64. The first-order chi connectivity index (χ1) is 9.42. The van der Waals surface area contributed by atoms with E-state index >= 15 is 0 Å². The lowest BCUT2D eigenvalue weighted by atomic mass is 10.00. The monoisotopic (exact) mass is 281 g/mol. The quantitative estimate of drug-likeness (QED) is 0.796. The Morgan fingerprint density at radius 3 is 2.20 bits per heavy atom. The van der Waals surface area contributed by atoms with Gasteiger partial charge in [0.05, 0.1) is 6.10 Å². The fourth-order valence-electron chi connectivity index (χ4n) is 3.43. The molecule has 0 spiro atoms. The minimum absolute atomic E-state index is 0.134. The summed E-state index contributed by atoms with van der Waals surface area (Å²) >= 11 is 0. The summed E-state index contributed by atoms with van der Waals surface area (Å²) in [5, 5.41) is 0. The van der Waals surface area contributed by atoms with Gasteiger partial charge in [-0.2, -0.15) is 0 Å². The molecule has 3 fully saturated rings. The lowest BCUT2D eigenvalue weighted by molar-refractivity contribution is -0.0367. The minimum atomic E-state index is -0.407. The van der Waals surface area contributed by atoms with Gasteiger partial charge in [-0.05, 0) is 65.2 Å². The predicted octanol–water partition coefficient (Wildman–Crippen LogP) is 3.34. The number of carbonyl (C=O) groups is 1. The van der Waals surface area contributed by atoms with Crippen LogP contribution in [0.2, 0.25) is 0 Å². The van der Waals surface area contributed by atoms with Gasteiger partial charge in [-0.3, -0.25) is 0 Å². The lowest BCUT2D eigenvalue weighted by Gasteiger charge is -2.39. The van der Waals surface area contributed by atoms with Gasteiger partial charge >= 0.3 is 6.09 Å². The average Bonchev–Trinajstić information content (AvgIpc) is 3.10.